The fourth-order valence-electron chi connectivity index (χ4n) is 4.10. The van der Waals surface area contributed by atoms with Crippen molar-refractivity contribution in [2.24, 2.45) is 12.0 Å². The molecule has 130 valence electrons. The van der Waals surface area contributed by atoms with Crippen LogP contribution in [0.5, 0.6) is 0 Å². The summed E-state index contributed by atoms with van der Waals surface area (Å²) in [5, 5.41) is 12.4. The summed E-state index contributed by atoms with van der Waals surface area (Å²) in [6, 6.07) is 10.5. The maximum Gasteiger partial charge on any atom is 0.265 e. The predicted octanol–water partition coefficient (Wildman–Crippen LogP) is -0.0366. The number of nitrogens with zero attached hydrogens (tertiary/aromatic N) is 3. The molecule has 2 aliphatic rings. The third-order valence-corrected chi connectivity index (χ3v) is 5.40. The summed E-state index contributed by atoms with van der Waals surface area (Å²) in [5.41, 5.74) is 2.68. The van der Waals surface area contributed by atoms with E-state index < -0.39 is 0 Å². The minimum atomic E-state index is -0.153. The number of aromatic nitrogens is 2. The van der Waals surface area contributed by atoms with Crippen LogP contribution in [0.1, 0.15) is 30.9 Å². The molecule has 1 fully saturated rings. The highest BCUT2D eigenvalue weighted by Gasteiger charge is 2.34. The molecule has 2 atom stereocenters. The van der Waals surface area contributed by atoms with Crippen molar-refractivity contribution in [3.63, 3.8) is 0 Å². The van der Waals surface area contributed by atoms with Crippen LogP contribution in [0.2, 0.25) is 0 Å². The second-order valence-electron chi connectivity index (χ2n) is 6.84. The number of rotatable bonds is 3. The zero-order valence-corrected chi connectivity index (χ0v) is 14.6. The molecule has 4 rings (SSSR count). The Morgan fingerprint density at radius 3 is 2.80 bits per heavy atom. The van der Waals surface area contributed by atoms with Gasteiger partial charge in [-0.25, -0.2) is 4.99 Å². The van der Waals surface area contributed by atoms with Gasteiger partial charge in [-0.2, -0.15) is 0 Å². The van der Waals surface area contributed by atoms with E-state index in [1.54, 1.807) is 11.6 Å². The van der Waals surface area contributed by atoms with Gasteiger partial charge in [-0.1, -0.05) is 30.3 Å². The third kappa shape index (κ3) is 2.44. The monoisotopic (exact) mass is 337 g/mol. The van der Waals surface area contributed by atoms with Crippen molar-refractivity contribution >= 4 is 5.70 Å². The first kappa shape index (κ1) is 15.9. The molecule has 25 heavy (non-hydrogen) atoms. The lowest BCUT2D eigenvalue weighted by Crippen LogP contribution is -2.58. The summed E-state index contributed by atoms with van der Waals surface area (Å²) in [6.45, 7) is 0. The lowest BCUT2D eigenvalue weighted by atomic mass is 10.1. The molecule has 0 spiro atoms. The number of nitrogens with one attached hydrogen (secondary N) is 2. The van der Waals surface area contributed by atoms with Crippen LogP contribution in [-0.4, -0.2) is 22.2 Å². The molecule has 0 bridgehead atoms. The summed E-state index contributed by atoms with van der Waals surface area (Å²) in [4.78, 5) is 17.7. The molecule has 0 saturated heterocycles. The van der Waals surface area contributed by atoms with Crippen LogP contribution in [0.15, 0.2) is 40.1 Å². The highest BCUT2D eigenvalue weighted by molar-refractivity contribution is 5.46. The van der Waals surface area contributed by atoms with Gasteiger partial charge in [0, 0.05) is 26.2 Å². The first-order valence-corrected chi connectivity index (χ1v) is 8.80. The third-order valence-electron chi connectivity index (χ3n) is 5.40. The molecule has 1 aliphatic carbocycles. The van der Waals surface area contributed by atoms with E-state index in [1.807, 2.05) is 41.9 Å². The molecule has 2 aromatic rings. The van der Waals surface area contributed by atoms with Crippen LogP contribution in [0, 0.1) is 5.41 Å². The van der Waals surface area contributed by atoms with Crippen LogP contribution < -0.4 is 27.2 Å². The van der Waals surface area contributed by atoms with E-state index >= 15 is 0 Å². The molecular weight excluding hydrogens is 314 g/mol. The number of likely N-dealkylation sites (N-methyl/N-ethyl adjacent to an activating group) is 1. The van der Waals surface area contributed by atoms with E-state index in [0.29, 0.717) is 17.3 Å². The molecule has 2 heterocycles. The molecule has 0 radical (unpaired) electrons. The maximum atomic E-state index is 13.0. The van der Waals surface area contributed by atoms with Gasteiger partial charge < -0.3 is 5.32 Å². The van der Waals surface area contributed by atoms with Gasteiger partial charge in [-0.15, -0.1) is 0 Å². The van der Waals surface area contributed by atoms with Crippen molar-refractivity contribution in [1.82, 2.24) is 14.5 Å². The van der Waals surface area contributed by atoms with Crippen LogP contribution in [0.4, 0.5) is 0 Å². The molecular formula is C19H23N5O. The topological polar surface area (TPSA) is 75.2 Å². The Morgan fingerprint density at radius 1 is 1.32 bits per heavy atom. The zero-order chi connectivity index (χ0) is 17.6. The number of fused-ring (bicyclic) bond motifs is 3. The fourth-order valence-corrected chi connectivity index (χ4v) is 4.10. The second kappa shape index (κ2) is 6.02. The predicted molar refractivity (Wildman–Crippen MR) is 95.6 cm³/mol. The lowest BCUT2D eigenvalue weighted by molar-refractivity contribution is 0.465. The molecule has 6 heteroatoms. The van der Waals surface area contributed by atoms with Gasteiger partial charge >= 0.3 is 0 Å². The van der Waals surface area contributed by atoms with Gasteiger partial charge in [-0.3, -0.25) is 19.3 Å². The average molecular weight is 337 g/mol. The van der Waals surface area contributed by atoms with E-state index in [1.165, 1.54) is 0 Å². The minimum absolute atomic E-state index is 0.153. The quantitative estimate of drug-likeness (QED) is 0.825. The van der Waals surface area contributed by atoms with Crippen molar-refractivity contribution in [3.05, 3.63) is 62.6 Å². The Kier molecular flexibility index (Phi) is 3.82. The standard InChI is InChI=1S/C19H23N5O/c1-21-14(11-12-7-4-3-5-8-12)16-17(20)24-15-10-6-9-13(15)22-19(24)23(2)18(16)25/h3-5,7-8,13,15,20-21H,6,9-11H2,1-2H3/b16-14+,20-17?/t13-,15+/m1/s1. The van der Waals surface area contributed by atoms with Crippen molar-refractivity contribution in [1.29, 1.82) is 5.41 Å². The SMILES string of the molecule is CN/C(Cc1ccccc1)=c1/c(=O)n(C)c2n(c1=N)[C@H]1CCC[C@H]1N=2. The second-order valence-corrected chi connectivity index (χ2v) is 6.84. The summed E-state index contributed by atoms with van der Waals surface area (Å²) in [6.07, 6.45) is 3.81. The fraction of sp³-hybridized carbons (Fsp3) is 0.421. The van der Waals surface area contributed by atoms with Crippen LogP contribution >= 0.6 is 0 Å². The maximum absolute atomic E-state index is 13.0. The minimum Gasteiger partial charge on any atom is -0.390 e. The van der Waals surface area contributed by atoms with Crippen molar-refractivity contribution in [3.8, 4) is 0 Å². The average Bonchev–Trinajstić information content (AvgIpc) is 3.21. The Bertz CT molecular complexity index is 1050. The Labute approximate surface area is 145 Å². The van der Waals surface area contributed by atoms with Gasteiger partial charge in [0.15, 0.2) is 0 Å². The Hall–Kier alpha value is -2.63. The summed E-state index contributed by atoms with van der Waals surface area (Å²) < 4.78 is 3.57. The highest BCUT2D eigenvalue weighted by Crippen LogP contribution is 2.32. The molecule has 1 aromatic carbocycles. The molecule has 1 aromatic heterocycles. The normalized spacial score (nSPS) is 22.2. The summed E-state index contributed by atoms with van der Waals surface area (Å²) >= 11 is 0. The molecule has 0 unspecified atom stereocenters. The van der Waals surface area contributed by atoms with Crippen LogP contribution in [0.3, 0.4) is 0 Å². The first-order chi connectivity index (χ1) is 12.1. The van der Waals surface area contributed by atoms with Gasteiger partial charge in [-0.05, 0) is 24.8 Å². The van der Waals surface area contributed by atoms with E-state index in [4.69, 9.17) is 10.4 Å². The van der Waals surface area contributed by atoms with Crippen molar-refractivity contribution < 1.29 is 0 Å². The van der Waals surface area contributed by atoms with Gasteiger partial charge in [0.1, 0.15) is 10.7 Å². The lowest BCUT2D eigenvalue weighted by Gasteiger charge is -2.15. The van der Waals surface area contributed by atoms with Gasteiger partial charge in [0.25, 0.3) is 5.56 Å². The molecule has 1 saturated carbocycles. The van der Waals surface area contributed by atoms with Crippen molar-refractivity contribution in [2.45, 2.75) is 37.8 Å². The van der Waals surface area contributed by atoms with E-state index in [0.717, 1.165) is 30.5 Å². The molecule has 6 nitrogen and oxygen atoms in total. The number of hydrogen-bond donors (Lipinski definition) is 2. The van der Waals surface area contributed by atoms with E-state index in [2.05, 4.69) is 5.32 Å². The largest absolute Gasteiger partial charge is 0.390 e. The zero-order valence-electron chi connectivity index (χ0n) is 14.6. The van der Waals surface area contributed by atoms with Crippen LogP contribution in [-0.2, 0) is 13.5 Å². The number of hydrogen-bond acceptors (Lipinski definition) is 4. The smallest absolute Gasteiger partial charge is 0.265 e. The highest BCUT2D eigenvalue weighted by atomic mass is 16.1. The van der Waals surface area contributed by atoms with E-state index in [9.17, 15) is 4.79 Å². The summed E-state index contributed by atoms with van der Waals surface area (Å²) in [7, 11) is 3.58. The van der Waals surface area contributed by atoms with E-state index in [-0.39, 0.29) is 23.1 Å². The Balaban J connectivity index is 1.99. The van der Waals surface area contributed by atoms with Crippen molar-refractivity contribution in [2.75, 3.05) is 7.05 Å². The summed E-state index contributed by atoms with van der Waals surface area (Å²) in [5.74, 6) is 0. The molecule has 0 amide bonds. The van der Waals surface area contributed by atoms with Gasteiger partial charge in [0.05, 0.1) is 12.1 Å². The number of benzene rings is 1. The van der Waals surface area contributed by atoms with Crippen LogP contribution in [0.25, 0.3) is 5.70 Å². The Morgan fingerprint density at radius 2 is 2.08 bits per heavy atom. The van der Waals surface area contributed by atoms with Gasteiger partial charge in [0.2, 0.25) is 5.62 Å². The first-order valence-electron chi connectivity index (χ1n) is 8.80. The molecule has 2 N–H and O–H groups in total. The molecule has 1 aliphatic heterocycles.